The molecule has 3 heterocycles. The molecule has 0 amide bonds. The van der Waals surface area contributed by atoms with Crippen molar-refractivity contribution in [3.63, 3.8) is 0 Å². The lowest BCUT2D eigenvalue weighted by atomic mass is 9.93. The number of hydrogen-bond donors (Lipinski definition) is 3. The standard InChI is InChI=1S/C21H23N5O2/c1-28-18-4-2-3-13-11-16(24-21(13)18)17-12-22-20-10-9-19(25-26(17)20)23-14-5-7-15(27)8-6-14/h2-4,9-12,14-15,24,27H,5-8H2,1H3,(H,23,25). The third-order valence-corrected chi connectivity index (χ3v) is 5.52. The first-order valence-electron chi connectivity index (χ1n) is 9.67. The van der Waals surface area contributed by atoms with Crippen molar-refractivity contribution in [1.29, 1.82) is 0 Å². The molecule has 1 aliphatic carbocycles. The van der Waals surface area contributed by atoms with Crippen molar-refractivity contribution in [3.8, 4) is 17.1 Å². The summed E-state index contributed by atoms with van der Waals surface area (Å²) in [6.07, 6.45) is 5.27. The predicted molar refractivity (Wildman–Crippen MR) is 109 cm³/mol. The van der Waals surface area contributed by atoms with E-state index in [0.717, 1.165) is 65.2 Å². The molecular formula is C21H23N5O2. The average molecular weight is 377 g/mol. The first kappa shape index (κ1) is 17.1. The van der Waals surface area contributed by atoms with Gasteiger partial charge in [-0.05, 0) is 49.9 Å². The van der Waals surface area contributed by atoms with Crippen LogP contribution in [0.25, 0.3) is 27.9 Å². The number of para-hydroxylation sites is 1. The zero-order valence-corrected chi connectivity index (χ0v) is 15.7. The van der Waals surface area contributed by atoms with Crippen molar-refractivity contribution in [3.05, 3.63) is 42.6 Å². The number of rotatable bonds is 4. The van der Waals surface area contributed by atoms with Crippen LogP contribution in [-0.2, 0) is 0 Å². The van der Waals surface area contributed by atoms with Crippen LogP contribution in [0.5, 0.6) is 5.75 Å². The minimum Gasteiger partial charge on any atom is -0.495 e. The number of aromatic amines is 1. The monoisotopic (exact) mass is 377 g/mol. The summed E-state index contributed by atoms with van der Waals surface area (Å²) in [5.74, 6) is 1.63. The maximum Gasteiger partial charge on any atom is 0.154 e. The Morgan fingerprint density at radius 1 is 1.18 bits per heavy atom. The second-order valence-corrected chi connectivity index (χ2v) is 7.39. The molecule has 0 aliphatic heterocycles. The van der Waals surface area contributed by atoms with E-state index in [9.17, 15) is 5.11 Å². The number of benzene rings is 1. The van der Waals surface area contributed by atoms with Crippen molar-refractivity contribution in [2.75, 3.05) is 12.4 Å². The molecule has 5 rings (SSSR count). The quantitative estimate of drug-likeness (QED) is 0.506. The molecule has 0 spiro atoms. The maximum absolute atomic E-state index is 9.70. The van der Waals surface area contributed by atoms with Crippen LogP contribution in [0.1, 0.15) is 25.7 Å². The van der Waals surface area contributed by atoms with Gasteiger partial charge in [0, 0.05) is 11.4 Å². The summed E-state index contributed by atoms with van der Waals surface area (Å²) in [6, 6.07) is 12.3. The molecule has 7 heteroatoms. The molecular weight excluding hydrogens is 354 g/mol. The molecule has 4 aromatic rings. The lowest BCUT2D eigenvalue weighted by Crippen LogP contribution is -2.28. The van der Waals surface area contributed by atoms with E-state index in [2.05, 4.69) is 27.4 Å². The fourth-order valence-corrected chi connectivity index (χ4v) is 4.00. The van der Waals surface area contributed by atoms with E-state index in [1.807, 2.05) is 35.0 Å². The van der Waals surface area contributed by atoms with Crippen LogP contribution >= 0.6 is 0 Å². The smallest absolute Gasteiger partial charge is 0.154 e. The number of hydrogen-bond acceptors (Lipinski definition) is 5. The Labute approximate surface area is 162 Å². The molecule has 0 bridgehead atoms. The van der Waals surface area contributed by atoms with Crippen molar-refractivity contribution in [2.24, 2.45) is 0 Å². The minimum atomic E-state index is -0.159. The maximum atomic E-state index is 9.70. The summed E-state index contributed by atoms with van der Waals surface area (Å²) in [6.45, 7) is 0. The van der Waals surface area contributed by atoms with Gasteiger partial charge in [-0.15, -0.1) is 5.10 Å². The Hall–Kier alpha value is -3.06. The summed E-state index contributed by atoms with van der Waals surface area (Å²) >= 11 is 0. The number of nitrogens with zero attached hydrogens (tertiary/aromatic N) is 3. The molecule has 1 fully saturated rings. The summed E-state index contributed by atoms with van der Waals surface area (Å²) in [4.78, 5) is 7.94. The molecule has 144 valence electrons. The SMILES string of the molecule is COc1cccc2cc(-c3cnc4ccc(NC5CCC(O)CC5)nn34)[nH]c12. The number of imidazole rings is 1. The third-order valence-electron chi connectivity index (χ3n) is 5.52. The average Bonchev–Trinajstić information content (AvgIpc) is 3.33. The molecule has 7 nitrogen and oxygen atoms in total. The molecule has 3 N–H and O–H groups in total. The molecule has 0 atom stereocenters. The Morgan fingerprint density at radius 3 is 2.86 bits per heavy atom. The highest BCUT2D eigenvalue weighted by Crippen LogP contribution is 2.30. The number of aromatic nitrogens is 4. The Kier molecular flexibility index (Phi) is 4.16. The predicted octanol–water partition coefficient (Wildman–Crippen LogP) is 3.60. The van der Waals surface area contributed by atoms with Gasteiger partial charge in [0.05, 0.1) is 30.6 Å². The van der Waals surface area contributed by atoms with Gasteiger partial charge in [0.2, 0.25) is 0 Å². The summed E-state index contributed by atoms with van der Waals surface area (Å²) < 4.78 is 7.32. The summed E-state index contributed by atoms with van der Waals surface area (Å²) in [5.41, 5.74) is 3.60. The van der Waals surface area contributed by atoms with Gasteiger partial charge in [0.15, 0.2) is 5.65 Å². The van der Waals surface area contributed by atoms with Crippen molar-refractivity contribution in [1.82, 2.24) is 19.6 Å². The topological polar surface area (TPSA) is 87.5 Å². The number of fused-ring (bicyclic) bond motifs is 2. The first-order chi connectivity index (χ1) is 13.7. The number of aliphatic hydroxyl groups excluding tert-OH is 1. The second kappa shape index (κ2) is 6.83. The van der Waals surface area contributed by atoms with Crippen molar-refractivity contribution in [2.45, 2.75) is 37.8 Å². The summed E-state index contributed by atoms with van der Waals surface area (Å²) in [5, 5.41) is 19.1. The molecule has 1 aliphatic rings. The molecule has 28 heavy (non-hydrogen) atoms. The fraction of sp³-hybridized carbons (Fsp3) is 0.333. The van der Waals surface area contributed by atoms with Gasteiger partial charge in [-0.3, -0.25) is 0 Å². The van der Waals surface area contributed by atoms with Crippen molar-refractivity contribution < 1.29 is 9.84 Å². The van der Waals surface area contributed by atoms with Gasteiger partial charge < -0.3 is 20.1 Å². The van der Waals surface area contributed by atoms with Crippen LogP contribution in [-0.4, -0.2) is 43.9 Å². The van der Waals surface area contributed by atoms with Gasteiger partial charge in [-0.2, -0.15) is 0 Å². The number of aliphatic hydroxyl groups is 1. The number of anilines is 1. The van der Waals surface area contributed by atoms with E-state index in [0.29, 0.717) is 6.04 Å². The van der Waals surface area contributed by atoms with Crippen LogP contribution in [0.3, 0.4) is 0 Å². The second-order valence-electron chi connectivity index (χ2n) is 7.39. The largest absolute Gasteiger partial charge is 0.495 e. The Bertz CT molecular complexity index is 1120. The molecule has 3 aromatic heterocycles. The first-order valence-corrected chi connectivity index (χ1v) is 9.67. The van der Waals surface area contributed by atoms with Crippen LogP contribution in [0.15, 0.2) is 42.6 Å². The van der Waals surface area contributed by atoms with E-state index >= 15 is 0 Å². The van der Waals surface area contributed by atoms with E-state index in [-0.39, 0.29) is 6.10 Å². The lowest BCUT2D eigenvalue weighted by molar-refractivity contribution is 0.126. The number of methoxy groups -OCH3 is 1. The highest BCUT2D eigenvalue weighted by atomic mass is 16.5. The van der Waals surface area contributed by atoms with Gasteiger partial charge in [-0.1, -0.05) is 12.1 Å². The van der Waals surface area contributed by atoms with E-state index in [1.165, 1.54) is 0 Å². The number of nitrogens with one attached hydrogen (secondary N) is 2. The Balaban J connectivity index is 1.50. The highest BCUT2D eigenvalue weighted by molar-refractivity contribution is 5.90. The zero-order chi connectivity index (χ0) is 19.1. The molecule has 1 aromatic carbocycles. The lowest BCUT2D eigenvalue weighted by Gasteiger charge is -2.26. The minimum absolute atomic E-state index is 0.159. The van der Waals surface area contributed by atoms with Gasteiger partial charge in [-0.25, -0.2) is 9.50 Å². The molecule has 1 saturated carbocycles. The zero-order valence-electron chi connectivity index (χ0n) is 15.7. The Morgan fingerprint density at radius 2 is 2.04 bits per heavy atom. The van der Waals surface area contributed by atoms with E-state index < -0.39 is 0 Å². The molecule has 0 saturated heterocycles. The van der Waals surface area contributed by atoms with Crippen LogP contribution < -0.4 is 10.1 Å². The third kappa shape index (κ3) is 2.97. The normalized spacial score (nSPS) is 19.9. The summed E-state index contributed by atoms with van der Waals surface area (Å²) in [7, 11) is 1.67. The molecule has 0 radical (unpaired) electrons. The van der Waals surface area contributed by atoms with Crippen molar-refractivity contribution >= 4 is 22.4 Å². The van der Waals surface area contributed by atoms with Crippen LogP contribution in [0.2, 0.25) is 0 Å². The van der Waals surface area contributed by atoms with Gasteiger partial charge in [0.25, 0.3) is 0 Å². The van der Waals surface area contributed by atoms with E-state index in [1.54, 1.807) is 7.11 Å². The number of H-pyrrole nitrogens is 1. The van der Waals surface area contributed by atoms with Crippen LogP contribution in [0, 0.1) is 0 Å². The van der Waals surface area contributed by atoms with Crippen LogP contribution in [0.4, 0.5) is 5.82 Å². The van der Waals surface area contributed by atoms with Gasteiger partial charge in [0.1, 0.15) is 17.3 Å². The van der Waals surface area contributed by atoms with E-state index in [4.69, 9.17) is 9.84 Å². The molecule has 0 unspecified atom stereocenters. The number of ether oxygens (including phenoxy) is 1. The van der Waals surface area contributed by atoms with Gasteiger partial charge >= 0.3 is 0 Å². The highest BCUT2D eigenvalue weighted by Gasteiger charge is 2.20. The fourth-order valence-electron chi connectivity index (χ4n) is 4.00.